The summed E-state index contributed by atoms with van der Waals surface area (Å²) in [5.41, 5.74) is 0. The lowest BCUT2D eigenvalue weighted by atomic mass is 10.0. The molecule has 0 amide bonds. The van der Waals surface area contributed by atoms with Crippen LogP contribution < -0.4 is 5.32 Å². The van der Waals surface area contributed by atoms with E-state index in [0.29, 0.717) is 25.3 Å². The minimum Gasteiger partial charge on any atom is -0.396 e. The number of hydrogen-bond donors (Lipinski definition) is 2. The molecular formula is C14H23N3O3S. The molecule has 0 aromatic carbocycles. The topological polar surface area (TPSA) is 82.5 Å². The molecule has 0 radical (unpaired) electrons. The molecule has 1 fully saturated rings. The quantitative estimate of drug-likeness (QED) is 0.830. The fraction of sp³-hybridized carbons (Fsp3) is 0.643. The number of sulfonamides is 1. The highest BCUT2D eigenvalue weighted by Crippen LogP contribution is 2.29. The number of pyridine rings is 1. The van der Waals surface area contributed by atoms with E-state index >= 15 is 0 Å². The first-order chi connectivity index (χ1) is 10.1. The van der Waals surface area contributed by atoms with Crippen LogP contribution in [0.5, 0.6) is 0 Å². The van der Waals surface area contributed by atoms with Crippen molar-refractivity contribution in [3.8, 4) is 0 Å². The smallest absolute Gasteiger partial charge is 0.246 e. The van der Waals surface area contributed by atoms with Crippen molar-refractivity contribution in [1.82, 2.24) is 9.29 Å². The highest BCUT2D eigenvalue weighted by Gasteiger charge is 2.34. The molecule has 2 heterocycles. The second-order valence-electron chi connectivity index (χ2n) is 5.16. The van der Waals surface area contributed by atoms with Crippen molar-refractivity contribution in [3.63, 3.8) is 0 Å². The molecule has 118 valence electrons. The zero-order valence-corrected chi connectivity index (χ0v) is 13.1. The number of anilines is 1. The fourth-order valence-electron chi connectivity index (χ4n) is 2.75. The summed E-state index contributed by atoms with van der Waals surface area (Å²) in [5, 5.41) is 12.2. The van der Waals surface area contributed by atoms with Crippen LogP contribution in [0.1, 0.15) is 32.6 Å². The van der Waals surface area contributed by atoms with Gasteiger partial charge in [-0.05, 0) is 38.3 Å². The van der Waals surface area contributed by atoms with E-state index in [1.165, 1.54) is 4.31 Å². The Labute approximate surface area is 126 Å². The van der Waals surface area contributed by atoms with E-state index < -0.39 is 10.0 Å². The number of piperidine rings is 1. The number of nitrogens with one attached hydrogen (secondary N) is 1. The van der Waals surface area contributed by atoms with Crippen LogP contribution >= 0.6 is 0 Å². The largest absolute Gasteiger partial charge is 0.396 e. The van der Waals surface area contributed by atoms with Crippen LogP contribution in [-0.4, -0.2) is 48.6 Å². The molecule has 2 N–H and O–H groups in total. The van der Waals surface area contributed by atoms with Gasteiger partial charge >= 0.3 is 0 Å². The highest BCUT2D eigenvalue weighted by molar-refractivity contribution is 7.89. The van der Waals surface area contributed by atoms with Gasteiger partial charge in [0.15, 0.2) is 0 Å². The van der Waals surface area contributed by atoms with Gasteiger partial charge in [0, 0.05) is 31.9 Å². The molecule has 1 atom stereocenters. The average Bonchev–Trinajstić information content (AvgIpc) is 2.49. The van der Waals surface area contributed by atoms with Crippen LogP contribution in [0.25, 0.3) is 0 Å². The minimum absolute atomic E-state index is 0.00376. The minimum atomic E-state index is -3.59. The monoisotopic (exact) mass is 313 g/mol. The average molecular weight is 313 g/mol. The summed E-state index contributed by atoms with van der Waals surface area (Å²) in [5.74, 6) is 0.397. The molecule has 2 rings (SSSR count). The Hall–Kier alpha value is -1.18. The summed E-state index contributed by atoms with van der Waals surface area (Å²) in [6.45, 7) is 3.03. The number of nitrogens with zero attached hydrogens (tertiary/aromatic N) is 2. The Morgan fingerprint density at radius 1 is 1.48 bits per heavy atom. The van der Waals surface area contributed by atoms with Crippen LogP contribution in [-0.2, 0) is 10.0 Å². The van der Waals surface area contributed by atoms with Gasteiger partial charge in [0.25, 0.3) is 0 Å². The molecule has 0 bridgehead atoms. The van der Waals surface area contributed by atoms with E-state index in [0.717, 1.165) is 19.3 Å². The lowest BCUT2D eigenvalue weighted by molar-refractivity contribution is 0.192. The normalized spacial score (nSPS) is 20.4. The van der Waals surface area contributed by atoms with Gasteiger partial charge in [0.1, 0.15) is 10.7 Å². The van der Waals surface area contributed by atoms with E-state index in [1.807, 2.05) is 6.92 Å². The number of aromatic nitrogens is 1. The Balaban J connectivity index is 2.36. The van der Waals surface area contributed by atoms with Crippen molar-refractivity contribution in [2.24, 2.45) is 0 Å². The standard InChI is InChI=1S/C14H23N3O3S/c1-2-15-14-13(7-5-9-16-14)21(19,20)17-10-4-3-6-12(17)8-11-18/h5,7,9,12,18H,2-4,6,8,10-11H2,1H3,(H,15,16). The molecule has 1 saturated heterocycles. The van der Waals surface area contributed by atoms with Gasteiger partial charge in [-0.3, -0.25) is 0 Å². The van der Waals surface area contributed by atoms with E-state index in [-0.39, 0.29) is 17.5 Å². The molecule has 1 aromatic rings. The second-order valence-corrected chi connectivity index (χ2v) is 7.02. The number of aliphatic hydroxyl groups excluding tert-OH is 1. The SMILES string of the molecule is CCNc1ncccc1S(=O)(=O)N1CCCCC1CCO. The number of rotatable bonds is 6. The maximum atomic E-state index is 12.9. The van der Waals surface area contributed by atoms with Crippen LogP contribution in [0.3, 0.4) is 0 Å². The first-order valence-electron chi connectivity index (χ1n) is 7.42. The summed E-state index contributed by atoms with van der Waals surface area (Å²) in [6, 6.07) is 3.10. The van der Waals surface area contributed by atoms with E-state index in [1.54, 1.807) is 18.3 Å². The van der Waals surface area contributed by atoms with Crippen LogP contribution in [0.2, 0.25) is 0 Å². The van der Waals surface area contributed by atoms with Crippen molar-refractivity contribution in [2.75, 3.05) is 25.0 Å². The molecular weight excluding hydrogens is 290 g/mol. The summed E-state index contributed by atoms with van der Waals surface area (Å²) < 4.78 is 27.4. The zero-order chi connectivity index (χ0) is 15.3. The predicted octanol–water partition coefficient (Wildman–Crippen LogP) is 1.44. The third-order valence-electron chi connectivity index (χ3n) is 3.74. The summed E-state index contributed by atoms with van der Waals surface area (Å²) in [7, 11) is -3.59. The maximum absolute atomic E-state index is 12.9. The van der Waals surface area contributed by atoms with Gasteiger partial charge < -0.3 is 10.4 Å². The van der Waals surface area contributed by atoms with Crippen molar-refractivity contribution in [2.45, 2.75) is 43.5 Å². The van der Waals surface area contributed by atoms with Gasteiger partial charge in [-0.1, -0.05) is 6.42 Å². The van der Waals surface area contributed by atoms with Gasteiger partial charge in [-0.15, -0.1) is 0 Å². The second kappa shape index (κ2) is 7.20. The molecule has 0 spiro atoms. The predicted molar refractivity (Wildman–Crippen MR) is 81.6 cm³/mol. The van der Waals surface area contributed by atoms with Crippen molar-refractivity contribution < 1.29 is 13.5 Å². The molecule has 1 aliphatic rings. The van der Waals surface area contributed by atoms with E-state index in [4.69, 9.17) is 5.11 Å². The number of hydrogen-bond acceptors (Lipinski definition) is 5. The molecule has 0 aliphatic carbocycles. The summed E-state index contributed by atoms with van der Waals surface area (Å²) >= 11 is 0. The van der Waals surface area contributed by atoms with Crippen LogP contribution in [0.15, 0.2) is 23.2 Å². The molecule has 6 nitrogen and oxygen atoms in total. The maximum Gasteiger partial charge on any atom is 0.246 e. The highest BCUT2D eigenvalue weighted by atomic mass is 32.2. The van der Waals surface area contributed by atoms with Gasteiger partial charge in [-0.25, -0.2) is 13.4 Å². The first-order valence-corrected chi connectivity index (χ1v) is 8.87. The Bertz CT molecular complexity index is 560. The molecule has 0 saturated carbocycles. The van der Waals surface area contributed by atoms with Crippen LogP contribution in [0.4, 0.5) is 5.82 Å². The Kier molecular flexibility index (Phi) is 5.55. The van der Waals surface area contributed by atoms with Gasteiger partial charge in [0.2, 0.25) is 10.0 Å². The van der Waals surface area contributed by atoms with Gasteiger partial charge in [0.05, 0.1) is 0 Å². The van der Waals surface area contributed by atoms with Crippen molar-refractivity contribution >= 4 is 15.8 Å². The van der Waals surface area contributed by atoms with Crippen LogP contribution in [0, 0.1) is 0 Å². The van der Waals surface area contributed by atoms with E-state index in [9.17, 15) is 8.42 Å². The lowest BCUT2D eigenvalue weighted by Gasteiger charge is -2.34. The fourth-order valence-corrected chi connectivity index (χ4v) is 4.60. The molecule has 21 heavy (non-hydrogen) atoms. The molecule has 1 unspecified atom stereocenters. The Morgan fingerprint density at radius 3 is 3.00 bits per heavy atom. The van der Waals surface area contributed by atoms with Crippen molar-refractivity contribution in [1.29, 1.82) is 0 Å². The first kappa shape index (κ1) is 16.2. The molecule has 1 aromatic heterocycles. The molecule has 7 heteroatoms. The lowest BCUT2D eigenvalue weighted by Crippen LogP contribution is -2.44. The van der Waals surface area contributed by atoms with Gasteiger partial charge in [-0.2, -0.15) is 4.31 Å². The van der Waals surface area contributed by atoms with E-state index in [2.05, 4.69) is 10.3 Å². The third-order valence-corrected chi connectivity index (χ3v) is 5.72. The molecule has 1 aliphatic heterocycles. The third kappa shape index (κ3) is 3.53. The number of aliphatic hydroxyl groups is 1. The van der Waals surface area contributed by atoms with Crippen molar-refractivity contribution in [3.05, 3.63) is 18.3 Å². The summed E-state index contributed by atoms with van der Waals surface area (Å²) in [6.07, 6.45) is 4.73. The Morgan fingerprint density at radius 2 is 2.29 bits per heavy atom. The zero-order valence-electron chi connectivity index (χ0n) is 12.3. The summed E-state index contributed by atoms with van der Waals surface area (Å²) in [4.78, 5) is 4.35.